The molecule has 1 unspecified atom stereocenters. The van der Waals surface area contributed by atoms with Crippen molar-refractivity contribution < 1.29 is 0 Å². The van der Waals surface area contributed by atoms with Crippen LogP contribution in [0.25, 0.3) is 0 Å². The van der Waals surface area contributed by atoms with E-state index in [4.69, 9.17) is 5.73 Å². The standard InChI is InChI=1S/C15H22BrNS/c1-2-3-4-5-6-9-13(17)12-18-15-11-8-7-10-14(15)16/h2,7-8,10-11,13H,1,3-6,9,12,17H2. The summed E-state index contributed by atoms with van der Waals surface area (Å²) in [7, 11) is 0. The fraction of sp³-hybridized carbons (Fsp3) is 0.467. The van der Waals surface area contributed by atoms with E-state index in [1.807, 2.05) is 23.9 Å². The van der Waals surface area contributed by atoms with Crippen LogP contribution in [0.15, 0.2) is 46.3 Å². The predicted molar refractivity (Wildman–Crippen MR) is 86.1 cm³/mol. The molecule has 0 radical (unpaired) electrons. The molecule has 0 spiro atoms. The highest BCUT2D eigenvalue weighted by Crippen LogP contribution is 2.27. The Kier molecular flexibility index (Phi) is 8.47. The van der Waals surface area contributed by atoms with Gasteiger partial charge < -0.3 is 5.73 Å². The molecule has 0 aliphatic rings. The Morgan fingerprint density at radius 2 is 2.06 bits per heavy atom. The molecule has 1 aromatic carbocycles. The lowest BCUT2D eigenvalue weighted by Crippen LogP contribution is -2.22. The molecule has 0 heterocycles. The van der Waals surface area contributed by atoms with Crippen molar-refractivity contribution in [2.24, 2.45) is 5.73 Å². The minimum Gasteiger partial charge on any atom is -0.327 e. The Morgan fingerprint density at radius 1 is 1.28 bits per heavy atom. The first-order valence-electron chi connectivity index (χ1n) is 6.48. The van der Waals surface area contributed by atoms with Crippen molar-refractivity contribution in [3.63, 3.8) is 0 Å². The Bertz CT molecular complexity index is 354. The highest BCUT2D eigenvalue weighted by molar-refractivity contribution is 9.10. The van der Waals surface area contributed by atoms with Gasteiger partial charge in [0.2, 0.25) is 0 Å². The number of nitrogens with two attached hydrogens (primary N) is 1. The first-order chi connectivity index (χ1) is 8.74. The number of hydrogen-bond donors (Lipinski definition) is 1. The molecular weight excluding hydrogens is 306 g/mol. The molecule has 0 fully saturated rings. The summed E-state index contributed by atoms with van der Waals surface area (Å²) in [6, 6.07) is 8.60. The fourth-order valence-electron chi connectivity index (χ4n) is 1.71. The lowest BCUT2D eigenvalue weighted by Gasteiger charge is -2.11. The van der Waals surface area contributed by atoms with Crippen LogP contribution in [0.4, 0.5) is 0 Å². The number of hydrogen-bond acceptors (Lipinski definition) is 2. The topological polar surface area (TPSA) is 26.0 Å². The lowest BCUT2D eigenvalue weighted by molar-refractivity contribution is 0.587. The van der Waals surface area contributed by atoms with E-state index >= 15 is 0 Å². The van der Waals surface area contributed by atoms with Crippen LogP contribution >= 0.6 is 27.7 Å². The van der Waals surface area contributed by atoms with Gasteiger partial charge in [-0.15, -0.1) is 18.3 Å². The molecule has 0 aliphatic carbocycles. The lowest BCUT2D eigenvalue weighted by atomic mass is 10.1. The molecule has 18 heavy (non-hydrogen) atoms. The minimum atomic E-state index is 0.297. The second kappa shape index (κ2) is 9.65. The second-order valence-electron chi connectivity index (χ2n) is 4.43. The van der Waals surface area contributed by atoms with Crippen LogP contribution in [0.1, 0.15) is 32.1 Å². The third-order valence-corrected chi connectivity index (χ3v) is 4.99. The van der Waals surface area contributed by atoms with Gasteiger partial charge in [0.05, 0.1) is 0 Å². The van der Waals surface area contributed by atoms with E-state index in [-0.39, 0.29) is 0 Å². The van der Waals surface area contributed by atoms with Crippen molar-refractivity contribution in [1.82, 2.24) is 0 Å². The van der Waals surface area contributed by atoms with Gasteiger partial charge in [-0.2, -0.15) is 0 Å². The van der Waals surface area contributed by atoms with Crippen molar-refractivity contribution in [1.29, 1.82) is 0 Å². The van der Waals surface area contributed by atoms with E-state index in [1.54, 1.807) is 0 Å². The molecule has 100 valence electrons. The van der Waals surface area contributed by atoms with Crippen LogP contribution in [0.3, 0.4) is 0 Å². The normalized spacial score (nSPS) is 12.3. The third-order valence-electron chi connectivity index (χ3n) is 2.77. The van der Waals surface area contributed by atoms with Gasteiger partial charge in [-0.05, 0) is 47.3 Å². The number of thioether (sulfide) groups is 1. The maximum absolute atomic E-state index is 6.13. The number of allylic oxidation sites excluding steroid dienone is 1. The van der Waals surface area contributed by atoms with Crippen LogP contribution in [0.2, 0.25) is 0 Å². The molecule has 2 N–H and O–H groups in total. The first kappa shape index (κ1) is 15.8. The summed E-state index contributed by atoms with van der Waals surface area (Å²) >= 11 is 5.39. The molecule has 0 saturated carbocycles. The van der Waals surface area contributed by atoms with Gasteiger partial charge in [-0.1, -0.05) is 31.1 Å². The van der Waals surface area contributed by atoms with Crippen molar-refractivity contribution in [3.8, 4) is 0 Å². The largest absolute Gasteiger partial charge is 0.327 e. The van der Waals surface area contributed by atoms with E-state index in [2.05, 4.69) is 40.7 Å². The molecule has 1 atom stereocenters. The summed E-state index contributed by atoms with van der Waals surface area (Å²) in [5.74, 6) is 0.990. The second-order valence-corrected chi connectivity index (χ2v) is 6.34. The first-order valence-corrected chi connectivity index (χ1v) is 8.25. The zero-order valence-electron chi connectivity index (χ0n) is 10.8. The highest BCUT2D eigenvalue weighted by Gasteiger charge is 2.05. The van der Waals surface area contributed by atoms with E-state index in [1.165, 1.54) is 24.2 Å². The van der Waals surface area contributed by atoms with E-state index in [9.17, 15) is 0 Å². The van der Waals surface area contributed by atoms with Crippen LogP contribution in [-0.2, 0) is 0 Å². The van der Waals surface area contributed by atoms with Crippen LogP contribution in [0, 0.1) is 0 Å². The number of rotatable bonds is 9. The van der Waals surface area contributed by atoms with Gasteiger partial charge in [-0.25, -0.2) is 0 Å². The summed E-state index contributed by atoms with van der Waals surface area (Å²) < 4.78 is 1.16. The zero-order chi connectivity index (χ0) is 13.2. The molecule has 0 bridgehead atoms. The summed E-state index contributed by atoms with van der Waals surface area (Å²) in [5, 5.41) is 0. The molecule has 0 aliphatic heterocycles. The van der Waals surface area contributed by atoms with Gasteiger partial charge in [0.1, 0.15) is 0 Å². The zero-order valence-corrected chi connectivity index (χ0v) is 13.2. The molecule has 1 aromatic rings. The molecule has 3 heteroatoms. The van der Waals surface area contributed by atoms with Crippen LogP contribution in [0.5, 0.6) is 0 Å². The smallest absolute Gasteiger partial charge is 0.0311 e. The number of unbranched alkanes of at least 4 members (excludes halogenated alkanes) is 3. The van der Waals surface area contributed by atoms with E-state index in [0.717, 1.165) is 23.1 Å². The average molecular weight is 328 g/mol. The molecule has 0 saturated heterocycles. The maximum Gasteiger partial charge on any atom is 0.0311 e. The fourth-order valence-corrected chi connectivity index (χ4v) is 3.28. The molecule has 0 aromatic heterocycles. The minimum absolute atomic E-state index is 0.297. The summed E-state index contributed by atoms with van der Waals surface area (Å²) in [4.78, 5) is 1.28. The van der Waals surface area contributed by atoms with Gasteiger partial charge in [0.25, 0.3) is 0 Å². The van der Waals surface area contributed by atoms with Gasteiger partial charge in [0.15, 0.2) is 0 Å². The summed E-state index contributed by atoms with van der Waals surface area (Å²) in [5.41, 5.74) is 6.13. The van der Waals surface area contributed by atoms with Crippen molar-refractivity contribution in [2.75, 3.05) is 5.75 Å². The highest BCUT2D eigenvalue weighted by atomic mass is 79.9. The van der Waals surface area contributed by atoms with Crippen LogP contribution in [-0.4, -0.2) is 11.8 Å². The Balaban J connectivity index is 2.15. The SMILES string of the molecule is C=CCCCCCC(N)CSc1ccccc1Br. The van der Waals surface area contributed by atoms with E-state index < -0.39 is 0 Å². The van der Waals surface area contributed by atoms with E-state index in [0.29, 0.717) is 6.04 Å². The predicted octanol–water partition coefficient (Wildman–Crippen LogP) is 5.01. The third kappa shape index (κ3) is 6.62. The molecular formula is C15H22BrNS. The Hall–Kier alpha value is -0.250. The summed E-state index contributed by atoms with van der Waals surface area (Å²) in [6.45, 7) is 3.73. The Morgan fingerprint density at radius 3 is 2.78 bits per heavy atom. The molecule has 0 amide bonds. The summed E-state index contributed by atoms with van der Waals surface area (Å²) in [6.07, 6.45) is 7.97. The van der Waals surface area contributed by atoms with Crippen molar-refractivity contribution >= 4 is 27.7 Å². The van der Waals surface area contributed by atoms with Crippen molar-refractivity contribution in [3.05, 3.63) is 41.4 Å². The number of halogens is 1. The van der Waals surface area contributed by atoms with Crippen molar-refractivity contribution in [2.45, 2.75) is 43.0 Å². The monoisotopic (exact) mass is 327 g/mol. The van der Waals surface area contributed by atoms with Gasteiger partial charge in [0, 0.05) is 21.2 Å². The molecule has 1 nitrogen and oxygen atoms in total. The maximum atomic E-state index is 6.13. The number of benzene rings is 1. The van der Waals surface area contributed by atoms with Crippen LogP contribution < -0.4 is 5.73 Å². The van der Waals surface area contributed by atoms with Gasteiger partial charge in [-0.3, -0.25) is 0 Å². The quantitative estimate of drug-likeness (QED) is 0.392. The van der Waals surface area contributed by atoms with Gasteiger partial charge >= 0.3 is 0 Å². The average Bonchev–Trinajstić information content (AvgIpc) is 2.37. The molecule has 1 rings (SSSR count). The Labute approximate surface area is 123 Å².